The van der Waals surface area contributed by atoms with Crippen LogP contribution in [0, 0.1) is 6.92 Å². The minimum atomic E-state index is -1.08. The third-order valence-corrected chi connectivity index (χ3v) is 3.89. The molecule has 1 unspecified atom stereocenters. The van der Waals surface area contributed by atoms with Gasteiger partial charge in [-0.1, -0.05) is 11.6 Å². The molecule has 1 amide bonds. The quantitative estimate of drug-likeness (QED) is 0.875. The van der Waals surface area contributed by atoms with Crippen LogP contribution in [0.15, 0.2) is 12.3 Å². The van der Waals surface area contributed by atoms with Crippen molar-refractivity contribution in [1.29, 1.82) is 0 Å². The number of hydrogen-bond acceptors (Lipinski definition) is 4. The van der Waals surface area contributed by atoms with Crippen LogP contribution in [0.4, 0.5) is 5.82 Å². The molecule has 1 fully saturated rings. The van der Waals surface area contributed by atoms with E-state index in [2.05, 4.69) is 4.98 Å². The van der Waals surface area contributed by atoms with E-state index < -0.39 is 11.5 Å². The highest BCUT2D eigenvalue weighted by Crippen LogP contribution is 2.32. The molecule has 1 atom stereocenters. The first-order valence-electron chi connectivity index (χ1n) is 6.28. The van der Waals surface area contributed by atoms with Crippen LogP contribution in [0.3, 0.4) is 0 Å². The molecular formula is C13H18ClN3O2. The van der Waals surface area contributed by atoms with Gasteiger partial charge < -0.3 is 15.7 Å². The zero-order valence-corrected chi connectivity index (χ0v) is 11.7. The van der Waals surface area contributed by atoms with E-state index in [1.54, 1.807) is 6.20 Å². The monoisotopic (exact) mass is 283 g/mol. The number of nitrogens with zero attached hydrogens (tertiary/aromatic N) is 2. The summed E-state index contributed by atoms with van der Waals surface area (Å²) in [6.07, 6.45) is 3.00. The van der Waals surface area contributed by atoms with Gasteiger partial charge in [0.25, 0.3) is 0 Å². The lowest BCUT2D eigenvalue weighted by Gasteiger charge is -2.39. The number of amides is 1. The summed E-state index contributed by atoms with van der Waals surface area (Å²) in [6, 6.07) is 1.84. The van der Waals surface area contributed by atoms with Crippen molar-refractivity contribution < 1.29 is 9.90 Å². The molecule has 0 radical (unpaired) electrons. The number of aryl methyl sites for hydroxylation is 1. The third-order valence-electron chi connectivity index (χ3n) is 3.42. The standard InChI is InChI=1S/C13H18ClN3O2/c1-9-3-5-16-12(11(9)14)17-6-2-4-13(19,8-17)7-10(15)18/h3,5,19H,2,4,6-8H2,1H3,(H2,15,18). The number of hydrogen-bond donors (Lipinski definition) is 2. The van der Waals surface area contributed by atoms with Crippen LogP contribution in [0.25, 0.3) is 0 Å². The average molecular weight is 284 g/mol. The summed E-state index contributed by atoms with van der Waals surface area (Å²) in [5.41, 5.74) is 5.04. The number of pyridine rings is 1. The Bertz CT molecular complexity index is 495. The lowest BCUT2D eigenvalue weighted by atomic mass is 9.89. The Balaban J connectivity index is 2.21. The van der Waals surface area contributed by atoms with Crippen molar-refractivity contribution in [3.05, 3.63) is 22.8 Å². The molecule has 0 aromatic carbocycles. The first-order valence-corrected chi connectivity index (χ1v) is 6.66. The van der Waals surface area contributed by atoms with Crippen molar-refractivity contribution in [2.24, 2.45) is 5.73 Å². The highest BCUT2D eigenvalue weighted by Gasteiger charge is 2.35. The number of carbonyl (C=O) groups excluding carboxylic acids is 1. The number of aromatic nitrogens is 1. The molecule has 0 aliphatic carbocycles. The summed E-state index contributed by atoms with van der Waals surface area (Å²) < 4.78 is 0. The molecule has 1 aliphatic heterocycles. The summed E-state index contributed by atoms with van der Waals surface area (Å²) in [6.45, 7) is 3.00. The minimum Gasteiger partial charge on any atom is -0.388 e. The summed E-state index contributed by atoms with van der Waals surface area (Å²) in [4.78, 5) is 17.2. The van der Waals surface area contributed by atoms with Crippen LogP contribution in [0.1, 0.15) is 24.8 Å². The van der Waals surface area contributed by atoms with Crippen molar-refractivity contribution in [2.45, 2.75) is 31.8 Å². The summed E-state index contributed by atoms with van der Waals surface area (Å²) in [5, 5.41) is 11.0. The predicted octanol–water partition coefficient (Wildman–Crippen LogP) is 1.25. The Hall–Kier alpha value is -1.33. The third kappa shape index (κ3) is 3.16. The number of anilines is 1. The number of carbonyl (C=O) groups is 1. The number of rotatable bonds is 3. The molecule has 104 valence electrons. The Labute approximate surface area is 117 Å². The van der Waals surface area contributed by atoms with E-state index in [0.717, 1.165) is 18.5 Å². The van der Waals surface area contributed by atoms with Crippen LogP contribution in [0.2, 0.25) is 5.02 Å². The van der Waals surface area contributed by atoms with Crippen LogP contribution in [0.5, 0.6) is 0 Å². The van der Waals surface area contributed by atoms with Gasteiger partial charge in [0, 0.05) is 19.3 Å². The Morgan fingerprint density at radius 3 is 3.11 bits per heavy atom. The van der Waals surface area contributed by atoms with Crippen molar-refractivity contribution >= 4 is 23.3 Å². The topological polar surface area (TPSA) is 79.4 Å². The maximum Gasteiger partial charge on any atom is 0.220 e. The Morgan fingerprint density at radius 1 is 1.68 bits per heavy atom. The number of nitrogens with two attached hydrogens (primary N) is 1. The lowest BCUT2D eigenvalue weighted by Crippen LogP contribution is -2.50. The fourth-order valence-corrected chi connectivity index (χ4v) is 2.74. The molecule has 1 saturated heterocycles. The summed E-state index contributed by atoms with van der Waals surface area (Å²) >= 11 is 6.25. The number of piperidine rings is 1. The van der Waals surface area contributed by atoms with E-state index in [1.165, 1.54) is 0 Å². The molecule has 2 rings (SSSR count). The fraction of sp³-hybridized carbons (Fsp3) is 0.538. The molecular weight excluding hydrogens is 266 g/mol. The highest BCUT2D eigenvalue weighted by molar-refractivity contribution is 6.33. The predicted molar refractivity (Wildman–Crippen MR) is 74.2 cm³/mol. The van der Waals surface area contributed by atoms with Gasteiger partial charge in [0.2, 0.25) is 5.91 Å². The molecule has 5 nitrogen and oxygen atoms in total. The maximum atomic E-state index is 11.0. The maximum absolute atomic E-state index is 11.0. The van der Waals surface area contributed by atoms with Gasteiger partial charge >= 0.3 is 0 Å². The molecule has 1 aromatic heterocycles. The zero-order valence-electron chi connectivity index (χ0n) is 10.9. The van der Waals surface area contributed by atoms with Gasteiger partial charge in [0.15, 0.2) is 0 Å². The average Bonchev–Trinajstić information content (AvgIpc) is 2.31. The second kappa shape index (κ2) is 5.35. The van der Waals surface area contributed by atoms with E-state index in [1.807, 2.05) is 17.9 Å². The van der Waals surface area contributed by atoms with Crippen LogP contribution < -0.4 is 10.6 Å². The lowest BCUT2D eigenvalue weighted by molar-refractivity contribution is -0.123. The van der Waals surface area contributed by atoms with Crippen molar-refractivity contribution in [3.8, 4) is 0 Å². The van der Waals surface area contributed by atoms with Gasteiger partial charge in [-0.15, -0.1) is 0 Å². The first-order chi connectivity index (χ1) is 8.91. The molecule has 1 aromatic rings. The number of aliphatic hydroxyl groups is 1. The van der Waals surface area contributed by atoms with E-state index in [4.69, 9.17) is 17.3 Å². The number of halogens is 1. The Morgan fingerprint density at radius 2 is 2.42 bits per heavy atom. The van der Waals surface area contributed by atoms with Crippen LogP contribution in [-0.4, -0.2) is 34.7 Å². The highest BCUT2D eigenvalue weighted by atomic mass is 35.5. The molecule has 0 bridgehead atoms. The fourth-order valence-electron chi connectivity index (χ4n) is 2.51. The molecule has 0 spiro atoms. The van der Waals surface area contributed by atoms with Crippen LogP contribution >= 0.6 is 11.6 Å². The molecule has 2 heterocycles. The molecule has 0 saturated carbocycles. The van der Waals surface area contributed by atoms with E-state index >= 15 is 0 Å². The van der Waals surface area contributed by atoms with Gasteiger partial charge in [0.1, 0.15) is 5.82 Å². The second-order valence-corrected chi connectivity index (χ2v) is 5.54. The van der Waals surface area contributed by atoms with E-state index in [-0.39, 0.29) is 6.42 Å². The first kappa shape index (κ1) is 14.1. The van der Waals surface area contributed by atoms with Crippen LogP contribution in [-0.2, 0) is 4.79 Å². The largest absolute Gasteiger partial charge is 0.388 e. The molecule has 6 heteroatoms. The van der Waals surface area contributed by atoms with Gasteiger partial charge in [-0.2, -0.15) is 0 Å². The zero-order chi connectivity index (χ0) is 14.0. The number of primary amides is 1. The minimum absolute atomic E-state index is 0.0348. The molecule has 19 heavy (non-hydrogen) atoms. The summed E-state index contributed by atoms with van der Waals surface area (Å²) in [7, 11) is 0. The van der Waals surface area contributed by atoms with E-state index in [9.17, 15) is 9.90 Å². The van der Waals surface area contributed by atoms with Gasteiger partial charge in [0.05, 0.1) is 17.0 Å². The van der Waals surface area contributed by atoms with Crippen molar-refractivity contribution in [3.63, 3.8) is 0 Å². The van der Waals surface area contributed by atoms with Gasteiger partial charge in [-0.3, -0.25) is 4.79 Å². The van der Waals surface area contributed by atoms with Crippen molar-refractivity contribution in [2.75, 3.05) is 18.0 Å². The Kier molecular flexibility index (Phi) is 3.96. The smallest absolute Gasteiger partial charge is 0.220 e. The SMILES string of the molecule is Cc1ccnc(N2CCCC(O)(CC(N)=O)C2)c1Cl. The van der Waals surface area contributed by atoms with Gasteiger partial charge in [-0.25, -0.2) is 4.98 Å². The number of β-amino-alcohol motifs (C(OH)–C–C–N with tert-alkyl or cyclic N) is 1. The second-order valence-electron chi connectivity index (χ2n) is 5.16. The molecule has 1 aliphatic rings. The van der Waals surface area contributed by atoms with Gasteiger partial charge in [-0.05, 0) is 31.4 Å². The normalized spacial score (nSPS) is 23.4. The molecule has 3 N–H and O–H groups in total. The summed E-state index contributed by atoms with van der Waals surface area (Å²) in [5.74, 6) is 0.164. The van der Waals surface area contributed by atoms with E-state index in [0.29, 0.717) is 23.8 Å². The van der Waals surface area contributed by atoms with Crippen molar-refractivity contribution in [1.82, 2.24) is 4.98 Å².